The van der Waals surface area contributed by atoms with E-state index in [1.807, 2.05) is 24.3 Å². The molecule has 1 heterocycles. The summed E-state index contributed by atoms with van der Waals surface area (Å²) in [5.41, 5.74) is 0.725. The molecule has 0 aliphatic rings. The number of carbonyl (C=O) groups excluding carboxylic acids is 1. The lowest BCUT2D eigenvalue weighted by Gasteiger charge is -1.85. The SMILES string of the molecule is CC(=O)c1onc2ccccc12.[2H]C. The zero-order valence-corrected chi connectivity index (χ0v) is 7.57. The Labute approximate surface area is 77.7 Å². The Morgan fingerprint density at radius 3 is 2.92 bits per heavy atom. The van der Waals surface area contributed by atoms with Crippen LogP contribution in [0.25, 0.3) is 10.9 Å². The molecule has 0 radical (unpaired) electrons. The molecule has 0 N–H and O–H groups in total. The predicted octanol–water partition coefficient (Wildman–Crippen LogP) is 2.67. The number of ketones is 1. The van der Waals surface area contributed by atoms with E-state index >= 15 is 0 Å². The standard InChI is InChI=1S/C9H7NO2.CH4/c1-6(11)9-7-4-2-3-5-8(7)10-12-9;/h2-5H,1H3;1H4/i;1D. The van der Waals surface area contributed by atoms with Crippen molar-refractivity contribution < 1.29 is 10.7 Å². The molecule has 1 aromatic heterocycles. The van der Waals surface area contributed by atoms with Crippen LogP contribution in [0.1, 0.15) is 26.3 Å². The third kappa shape index (κ3) is 1.45. The maximum Gasteiger partial charge on any atom is 0.209 e. The zero-order chi connectivity index (χ0) is 10.6. The van der Waals surface area contributed by atoms with Gasteiger partial charge in [-0.05, 0) is 12.1 Å². The normalized spacial score (nSPS) is 10.2. The van der Waals surface area contributed by atoms with Gasteiger partial charge in [0.15, 0.2) is 5.78 Å². The van der Waals surface area contributed by atoms with Crippen molar-refractivity contribution in [3.63, 3.8) is 0 Å². The number of nitrogens with zero attached hydrogens (tertiary/aromatic N) is 1. The first-order valence-corrected chi connectivity index (χ1v) is 3.64. The topological polar surface area (TPSA) is 43.1 Å². The minimum atomic E-state index is -0.0938. The Balaban J connectivity index is 0.000000461. The summed E-state index contributed by atoms with van der Waals surface area (Å²) < 4.78 is 10.6. The summed E-state index contributed by atoms with van der Waals surface area (Å²) in [5.74, 6) is 0.245. The highest BCUT2D eigenvalue weighted by atomic mass is 16.5. The fraction of sp³-hybridized carbons (Fsp3) is 0.200. The van der Waals surface area contributed by atoms with Crippen molar-refractivity contribution >= 4 is 16.7 Å². The van der Waals surface area contributed by atoms with Gasteiger partial charge in [-0.3, -0.25) is 4.79 Å². The lowest BCUT2D eigenvalue weighted by atomic mass is 10.2. The highest BCUT2D eigenvalue weighted by molar-refractivity contribution is 6.03. The Bertz CT molecular complexity index is 436. The lowest BCUT2D eigenvalue weighted by Crippen LogP contribution is -1.87. The van der Waals surface area contributed by atoms with E-state index in [4.69, 9.17) is 5.89 Å². The van der Waals surface area contributed by atoms with Gasteiger partial charge in [-0.15, -0.1) is 0 Å². The Morgan fingerprint density at radius 2 is 2.23 bits per heavy atom. The molecule has 0 aliphatic heterocycles. The van der Waals surface area contributed by atoms with Crippen LogP contribution in [-0.2, 0) is 0 Å². The van der Waals surface area contributed by atoms with Gasteiger partial charge in [0.1, 0.15) is 5.52 Å². The van der Waals surface area contributed by atoms with Crippen molar-refractivity contribution in [2.75, 3.05) is 0 Å². The van der Waals surface area contributed by atoms with Crippen molar-refractivity contribution in [2.45, 2.75) is 14.3 Å². The van der Waals surface area contributed by atoms with Crippen molar-refractivity contribution in [2.24, 2.45) is 0 Å². The van der Waals surface area contributed by atoms with E-state index in [2.05, 4.69) is 5.16 Å². The van der Waals surface area contributed by atoms with Gasteiger partial charge >= 0.3 is 0 Å². The van der Waals surface area contributed by atoms with E-state index in [1.165, 1.54) is 14.3 Å². The van der Waals surface area contributed by atoms with Crippen LogP contribution in [-0.4, -0.2) is 10.9 Å². The number of hydrogen-bond donors (Lipinski definition) is 0. The second-order valence-corrected chi connectivity index (χ2v) is 2.59. The summed E-state index contributed by atoms with van der Waals surface area (Å²) in [6.07, 6.45) is 0. The van der Waals surface area contributed by atoms with Crippen LogP contribution in [0.4, 0.5) is 0 Å². The minimum Gasteiger partial charge on any atom is -0.352 e. The highest BCUT2D eigenvalue weighted by Gasteiger charge is 2.10. The molecule has 0 fully saturated rings. The van der Waals surface area contributed by atoms with E-state index in [0.717, 1.165) is 10.9 Å². The number of aromatic nitrogens is 1. The quantitative estimate of drug-likeness (QED) is 0.630. The van der Waals surface area contributed by atoms with Gasteiger partial charge in [0.05, 0.1) is 5.39 Å². The number of Topliss-reactive ketones (excluding diaryl/α,β-unsaturated/α-hetero) is 1. The zero-order valence-electron chi connectivity index (χ0n) is 8.57. The average molecular weight is 178 g/mol. The van der Waals surface area contributed by atoms with Gasteiger partial charge in [-0.2, -0.15) is 0 Å². The Morgan fingerprint density at radius 1 is 1.54 bits per heavy atom. The number of rotatable bonds is 1. The monoisotopic (exact) mass is 178 g/mol. The maximum absolute atomic E-state index is 11.0. The van der Waals surface area contributed by atoms with Gasteiger partial charge in [0.2, 0.25) is 5.76 Å². The smallest absolute Gasteiger partial charge is 0.209 e. The number of fused-ring (bicyclic) bond motifs is 1. The molecule has 13 heavy (non-hydrogen) atoms. The van der Waals surface area contributed by atoms with Crippen LogP contribution in [0.2, 0.25) is 0 Å². The largest absolute Gasteiger partial charge is 0.352 e. The number of benzene rings is 1. The van der Waals surface area contributed by atoms with Crippen molar-refractivity contribution in [1.29, 1.82) is 0 Å². The number of hydrogen-bond acceptors (Lipinski definition) is 3. The first-order valence-electron chi connectivity index (χ1n) is 4.64. The van der Waals surface area contributed by atoms with Gasteiger partial charge in [-0.25, -0.2) is 0 Å². The molecule has 0 spiro atoms. The summed E-state index contributed by atoms with van der Waals surface area (Å²) in [7, 11) is 1.25. The van der Waals surface area contributed by atoms with Crippen molar-refractivity contribution in [3.8, 4) is 0 Å². The second-order valence-electron chi connectivity index (χ2n) is 2.59. The fourth-order valence-corrected chi connectivity index (χ4v) is 1.14. The van der Waals surface area contributed by atoms with Crippen molar-refractivity contribution in [1.82, 2.24) is 5.16 Å². The molecule has 0 amide bonds. The third-order valence-electron chi connectivity index (χ3n) is 1.70. The summed E-state index contributed by atoms with van der Waals surface area (Å²) in [5, 5.41) is 4.53. The second kappa shape index (κ2) is 3.39. The highest BCUT2D eigenvalue weighted by Crippen LogP contribution is 2.17. The summed E-state index contributed by atoms with van der Waals surface area (Å²) in [6, 6.07) is 7.34. The van der Waals surface area contributed by atoms with Crippen LogP contribution >= 0.6 is 0 Å². The molecule has 2 rings (SSSR count). The van der Waals surface area contributed by atoms with Gasteiger partial charge < -0.3 is 4.52 Å². The van der Waals surface area contributed by atoms with Crippen LogP contribution < -0.4 is 0 Å². The minimum absolute atomic E-state index is 0.0938. The van der Waals surface area contributed by atoms with Crippen LogP contribution in [0.3, 0.4) is 0 Å². The van der Waals surface area contributed by atoms with Gasteiger partial charge in [-0.1, -0.05) is 24.7 Å². The molecule has 0 atom stereocenters. The molecule has 1 aromatic carbocycles. The number of carbonyl (C=O) groups is 1. The molecule has 3 heteroatoms. The molecule has 0 bridgehead atoms. The average Bonchev–Trinajstić information content (AvgIpc) is 2.64. The van der Waals surface area contributed by atoms with Crippen LogP contribution in [0, 0.1) is 0 Å². The van der Waals surface area contributed by atoms with Crippen molar-refractivity contribution in [3.05, 3.63) is 30.0 Å². The van der Waals surface area contributed by atoms with Gasteiger partial charge in [0.25, 0.3) is 0 Å². The van der Waals surface area contributed by atoms with Crippen LogP contribution in [0.5, 0.6) is 0 Å². The van der Waals surface area contributed by atoms with Gasteiger partial charge in [0, 0.05) is 8.29 Å². The molecule has 68 valence electrons. The first kappa shape index (κ1) is 7.98. The molecule has 0 saturated carbocycles. The molecule has 0 saturated heterocycles. The summed E-state index contributed by atoms with van der Waals surface area (Å²) in [6.45, 7) is 1.47. The summed E-state index contributed by atoms with van der Waals surface area (Å²) in [4.78, 5) is 11.0. The van der Waals surface area contributed by atoms with Crippen LogP contribution in [0.15, 0.2) is 28.8 Å². The molecule has 0 aliphatic carbocycles. The molecular weight excluding hydrogens is 166 g/mol. The Hall–Kier alpha value is -1.64. The predicted molar refractivity (Wildman–Crippen MR) is 50.7 cm³/mol. The maximum atomic E-state index is 11.0. The first-order chi connectivity index (χ1) is 6.79. The van der Waals surface area contributed by atoms with E-state index in [-0.39, 0.29) is 5.78 Å². The molecular formula is C10H11NO2. The lowest BCUT2D eigenvalue weighted by molar-refractivity contribution is 0.0981. The molecule has 2 aromatic rings. The Kier molecular flexibility index (Phi) is 2.08. The summed E-state index contributed by atoms with van der Waals surface area (Å²) >= 11 is 0. The van der Waals surface area contributed by atoms with E-state index < -0.39 is 0 Å². The third-order valence-corrected chi connectivity index (χ3v) is 1.70. The molecule has 0 unspecified atom stereocenters. The van der Waals surface area contributed by atoms with E-state index in [9.17, 15) is 4.79 Å². The van der Waals surface area contributed by atoms with E-state index in [0.29, 0.717) is 5.76 Å². The molecule has 3 nitrogen and oxygen atoms in total. The fourth-order valence-electron chi connectivity index (χ4n) is 1.14. The van der Waals surface area contributed by atoms with E-state index in [1.54, 1.807) is 0 Å².